The van der Waals surface area contributed by atoms with Crippen molar-refractivity contribution in [3.63, 3.8) is 0 Å². The Hall–Kier alpha value is -4.25. The molecule has 1 N–H and O–H groups in total. The molecule has 0 unspecified atom stereocenters. The molecule has 0 bridgehead atoms. The van der Waals surface area contributed by atoms with Gasteiger partial charge < -0.3 is 19.5 Å². The molecule has 8 heteroatoms. The standard InChI is InChI=1S/C31H24BrClN2O4/c1-37-29-16-23(27(32)17-30(29)39-20-22-9-5-6-10-28(22)33)15-24(18-34)31(36)35-25-11-13-26(14-12-25)38-19-21-7-3-2-4-8-21/h2-17H,19-20H2,1H3,(H,35,36)/b24-15+. The third kappa shape index (κ3) is 7.64. The summed E-state index contributed by atoms with van der Waals surface area (Å²) in [6.45, 7) is 0.690. The van der Waals surface area contributed by atoms with E-state index in [1.807, 2.05) is 54.6 Å². The van der Waals surface area contributed by atoms with Gasteiger partial charge in [-0.15, -0.1) is 0 Å². The van der Waals surface area contributed by atoms with Crippen LogP contribution in [0.25, 0.3) is 6.08 Å². The minimum Gasteiger partial charge on any atom is -0.493 e. The van der Waals surface area contributed by atoms with Gasteiger partial charge in [-0.2, -0.15) is 5.26 Å². The molecular weight excluding hydrogens is 580 g/mol. The smallest absolute Gasteiger partial charge is 0.266 e. The molecule has 0 aliphatic rings. The van der Waals surface area contributed by atoms with E-state index in [2.05, 4.69) is 21.2 Å². The van der Waals surface area contributed by atoms with Gasteiger partial charge in [-0.3, -0.25) is 4.79 Å². The van der Waals surface area contributed by atoms with Crippen molar-refractivity contribution in [2.75, 3.05) is 12.4 Å². The summed E-state index contributed by atoms with van der Waals surface area (Å²) >= 11 is 9.73. The van der Waals surface area contributed by atoms with Crippen molar-refractivity contribution in [3.8, 4) is 23.3 Å². The third-order valence-corrected chi connectivity index (χ3v) is 6.70. The monoisotopic (exact) mass is 602 g/mol. The Kier molecular flexibility index (Phi) is 9.63. The lowest BCUT2D eigenvalue weighted by atomic mass is 10.1. The number of nitrogens with one attached hydrogen (secondary N) is 1. The van der Waals surface area contributed by atoms with Crippen LogP contribution in [0.3, 0.4) is 0 Å². The van der Waals surface area contributed by atoms with Gasteiger partial charge in [-0.25, -0.2) is 0 Å². The van der Waals surface area contributed by atoms with Crippen molar-refractivity contribution in [2.45, 2.75) is 13.2 Å². The van der Waals surface area contributed by atoms with Crippen LogP contribution in [-0.4, -0.2) is 13.0 Å². The van der Waals surface area contributed by atoms with E-state index in [9.17, 15) is 10.1 Å². The lowest BCUT2D eigenvalue weighted by Crippen LogP contribution is -2.13. The number of hydrogen-bond donors (Lipinski definition) is 1. The normalized spacial score (nSPS) is 10.9. The minimum atomic E-state index is -0.541. The molecular formula is C31H24BrClN2O4. The second-order valence-electron chi connectivity index (χ2n) is 8.33. The zero-order valence-corrected chi connectivity index (χ0v) is 23.3. The summed E-state index contributed by atoms with van der Waals surface area (Å²) in [7, 11) is 1.52. The summed E-state index contributed by atoms with van der Waals surface area (Å²) in [4.78, 5) is 12.9. The molecule has 0 aromatic heterocycles. The maximum absolute atomic E-state index is 12.9. The summed E-state index contributed by atoms with van der Waals surface area (Å²) in [5, 5.41) is 13.0. The molecule has 0 saturated carbocycles. The molecule has 4 aromatic carbocycles. The van der Waals surface area contributed by atoms with Crippen LogP contribution in [0, 0.1) is 11.3 Å². The van der Waals surface area contributed by atoms with Crippen molar-refractivity contribution < 1.29 is 19.0 Å². The first-order valence-corrected chi connectivity index (χ1v) is 13.1. The van der Waals surface area contributed by atoms with E-state index in [1.54, 1.807) is 42.5 Å². The Morgan fingerprint density at radius 2 is 1.67 bits per heavy atom. The van der Waals surface area contributed by atoms with Gasteiger partial charge in [0.15, 0.2) is 11.5 Å². The fraction of sp³-hybridized carbons (Fsp3) is 0.0968. The molecule has 0 spiro atoms. The van der Waals surface area contributed by atoms with Gasteiger partial charge in [-0.1, -0.05) is 76.1 Å². The fourth-order valence-corrected chi connectivity index (χ4v) is 4.21. The highest BCUT2D eigenvalue weighted by Gasteiger charge is 2.14. The number of hydrogen-bond acceptors (Lipinski definition) is 5. The largest absolute Gasteiger partial charge is 0.493 e. The van der Waals surface area contributed by atoms with Crippen molar-refractivity contribution in [3.05, 3.63) is 123 Å². The average molecular weight is 604 g/mol. The van der Waals surface area contributed by atoms with Crippen LogP contribution in [-0.2, 0) is 18.0 Å². The molecule has 0 aliphatic carbocycles. The van der Waals surface area contributed by atoms with E-state index in [-0.39, 0.29) is 12.2 Å². The number of rotatable bonds is 10. The van der Waals surface area contributed by atoms with Crippen molar-refractivity contribution in [1.29, 1.82) is 5.26 Å². The molecule has 0 heterocycles. The lowest BCUT2D eigenvalue weighted by molar-refractivity contribution is -0.112. The Morgan fingerprint density at radius 3 is 2.36 bits per heavy atom. The molecule has 196 valence electrons. The number of carbonyl (C=O) groups is 1. The summed E-state index contributed by atoms with van der Waals surface area (Å²) in [5.41, 5.74) is 2.93. The predicted molar refractivity (Wildman–Crippen MR) is 156 cm³/mol. The number of benzene rings is 4. The number of anilines is 1. The van der Waals surface area contributed by atoms with Gasteiger partial charge in [-0.05, 0) is 59.7 Å². The van der Waals surface area contributed by atoms with Crippen LogP contribution in [0.1, 0.15) is 16.7 Å². The molecule has 0 atom stereocenters. The molecule has 0 aliphatic heterocycles. The molecule has 4 rings (SSSR count). The molecule has 0 radical (unpaired) electrons. The molecule has 0 saturated heterocycles. The SMILES string of the molecule is COc1cc(/C=C(\C#N)C(=O)Nc2ccc(OCc3ccccc3)cc2)c(Br)cc1OCc1ccccc1Cl. The van der Waals surface area contributed by atoms with Gasteiger partial charge in [0.2, 0.25) is 0 Å². The van der Waals surface area contributed by atoms with Gasteiger partial charge in [0.25, 0.3) is 5.91 Å². The summed E-state index contributed by atoms with van der Waals surface area (Å²) in [5.74, 6) is 1.06. The summed E-state index contributed by atoms with van der Waals surface area (Å²) in [6.07, 6.45) is 1.48. The number of amides is 1. The first-order chi connectivity index (χ1) is 19.0. The Balaban J connectivity index is 1.43. The summed E-state index contributed by atoms with van der Waals surface area (Å²) in [6, 6.07) is 29.6. The van der Waals surface area contributed by atoms with E-state index in [4.69, 9.17) is 25.8 Å². The Morgan fingerprint density at radius 1 is 0.949 bits per heavy atom. The Bertz CT molecular complexity index is 1520. The number of carbonyl (C=O) groups excluding carboxylic acids is 1. The highest BCUT2D eigenvalue weighted by atomic mass is 79.9. The minimum absolute atomic E-state index is 0.0770. The van der Waals surface area contributed by atoms with Crippen molar-refractivity contribution >= 4 is 45.2 Å². The van der Waals surface area contributed by atoms with Gasteiger partial charge in [0.1, 0.15) is 30.6 Å². The maximum Gasteiger partial charge on any atom is 0.266 e. The lowest BCUT2D eigenvalue weighted by Gasteiger charge is -2.14. The van der Waals surface area contributed by atoms with Crippen molar-refractivity contribution in [2.24, 2.45) is 0 Å². The predicted octanol–water partition coefficient (Wildman–Crippen LogP) is 7.81. The number of nitriles is 1. The molecule has 4 aromatic rings. The average Bonchev–Trinajstić information content (AvgIpc) is 2.96. The molecule has 39 heavy (non-hydrogen) atoms. The second-order valence-corrected chi connectivity index (χ2v) is 9.59. The van der Waals surface area contributed by atoms with Crippen LogP contribution in [0.2, 0.25) is 5.02 Å². The third-order valence-electron chi connectivity index (χ3n) is 5.65. The van der Waals surface area contributed by atoms with E-state index in [1.165, 1.54) is 13.2 Å². The zero-order valence-electron chi connectivity index (χ0n) is 21.0. The molecule has 6 nitrogen and oxygen atoms in total. The second kappa shape index (κ2) is 13.5. The fourth-order valence-electron chi connectivity index (χ4n) is 3.58. The highest BCUT2D eigenvalue weighted by Crippen LogP contribution is 2.35. The highest BCUT2D eigenvalue weighted by molar-refractivity contribution is 9.10. The van der Waals surface area contributed by atoms with Crippen LogP contribution >= 0.6 is 27.5 Å². The first kappa shape index (κ1) is 27.8. The number of nitrogens with zero attached hydrogens (tertiary/aromatic N) is 1. The van der Waals surface area contributed by atoms with Crippen molar-refractivity contribution in [1.82, 2.24) is 0 Å². The van der Waals surface area contributed by atoms with E-state index in [0.29, 0.717) is 44.6 Å². The Labute approximate surface area is 240 Å². The van der Waals surface area contributed by atoms with Gasteiger partial charge >= 0.3 is 0 Å². The molecule has 0 fully saturated rings. The van der Waals surface area contributed by atoms with Crippen LogP contribution in [0.5, 0.6) is 17.2 Å². The number of methoxy groups -OCH3 is 1. The maximum atomic E-state index is 12.9. The van der Waals surface area contributed by atoms with Gasteiger partial charge in [0.05, 0.1) is 7.11 Å². The van der Waals surface area contributed by atoms with Crippen LogP contribution in [0.4, 0.5) is 5.69 Å². The van der Waals surface area contributed by atoms with Crippen LogP contribution in [0.15, 0.2) is 101 Å². The molecule has 1 amide bonds. The number of halogens is 2. The number of ether oxygens (including phenoxy) is 3. The topological polar surface area (TPSA) is 80.6 Å². The van der Waals surface area contributed by atoms with Gasteiger partial charge in [0, 0.05) is 20.7 Å². The first-order valence-electron chi connectivity index (χ1n) is 11.9. The van der Waals surface area contributed by atoms with E-state index < -0.39 is 5.91 Å². The zero-order chi connectivity index (χ0) is 27.6. The quantitative estimate of drug-likeness (QED) is 0.148. The van der Waals surface area contributed by atoms with E-state index in [0.717, 1.165) is 11.1 Å². The van der Waals surface area contributed by atoms with E-state index >= 15 is 0 Å². The summed E-state index contributed by atoms with van der Waals surface area (Å²) < 4.78 is 17.8. The van der Waals surface area contributed by atoms with Crippen LogP contribution < -0.4 is 19.5 Å².